The predicted octanol–water partition coefficient (Wildman–Crippen LogP) is 2.87. The molecule has 8 nitrogen and oxygen atoms in total. The van der Waals surface area contributed by atoms with Gasteiger partial charge in [-0.1, -0.05) is 12.1 Å². The molecule has 0 saturated carbocycles. The van der Waals surface area contributed by atoms with Gasteiger partial charge in [0, 0.05) is 12.4 Å². The lowest BCUT2D eigenvalue weighted by molar-refractivity contribution is 0.517. The first-order valence-electron chi connectivity index (χ1n) is 7.81. The van der Waals surface area contributed by atoms with Gasteiger partial charge in [0.2, 0.25) is 11.8 Å². The number of rotatable bonds is 2. The summed E-state index contributed by atoms with van der Waals surface area (Å²) in [5.74, 6) is 0.310. The third kappa shape index (κ3) is 2.61. The van der Waals surface area contributed by atoms with E-state index in [4.69, 9.17) is 8.83 Å². The molecule has 0 aliphatic heterocycles. The number of nitrogens with zero attached hydrogens (tertiary/aromatic N) is 4. The Morgan fingerprint density at radius 2 is 1.48 bits per heavy atom. The van der Waals surface area contributed by atoms with Gasteiger partial charge < -0.3 is 8.83 Å². The number of benzene rings is 1. The molecule has 27 heavy (non-hydrogen) atoms. The van der Waals surface area contributed by atoms with E-state index in [1.807, 2.05) is 0 Å². The molecule has 0 saturated heterocycles. The van der Waals surface area contributed by atoms with E-state index in [9.17, 15) is 9.59 Å². The Hall–Kier alpha value is -3.72. The Morgan fingerprint density at radius 3 is 2.33 bits per heavy atom. The first-order chi connectivity index (χ1) is 13.2. The van der Waals surface area contributed by atoms with E-state index in [1.165, 1.54) is 23.7 Å². The summed E-state index contributed by atoms with van der Waals surface area (Å²) in [6.07, 6.45) is 2.85. The molecule has 0 aliphatic rings. The molecule has 0 spiro atoms. The maximum Gasteiger partial charge on any atom is 0.367 e. The van der Waals surface area contributed by atoms with Gasteiger partial charge in [0.05, 0.1) is 20.7 Å². The SMILES string of the molecule is O=c1oc(-c2ccc(-c3nc4nccnc4c(=O)o3)s2)nc2ccccc12. The third-order valence-electron chi connectivity index (χ3n) is 3.83. The zero-order valence-corrected chi connectivity index (χ0v) is 14.3. The summed E-state index contributed by atoms with van der Waals surface area (Å²) in [6.45, 7) is 0. The third-order valence-corrected chi connectivity index (χ3v) is 4.89. The molecule has 0 amide bonds. The van der Waals surface area contributed by atoms with Crippen LogP contribution in [-0.2, 0) is 0 Å². The van der Waals surface area contributed by atoms with Crippen molar-refractivity contribution in [3.05, 3.63) is 69.6 Å². The van der Waals surface area contributed by atoms with Crippen LogP contribution in [0.4, 0.5) is 0 Å². The summed E-state index contributed by atoms with van der Waals surface area (Å²) < 4.78 is 10.6. The van der Waals surface area contributed by atoms with E-state index in [1.54, 1.807) is 36.4 Å². The number of para-hydroxylation sites is 1. The summed E-state index contributed by atoms with van der Waals surface area (Å²) in [7, 11) is 0. The standard InChI is InChI=1S/C18H8N4O4S/c23-17-9-3-1-2-4-10(9)21-15(25-17)11-5-6-12(27-11)16-22-14-13(18(24)26-16)19-7-8-20-14/h1-8H. The molecule has 0 atom stereocenters. The van der Waals surface area contributed by atoms with Crippen molar-refractivity contribution < 1.29 is 8.83 Å². The number of hydrogen-bond acceptors (Lipinski definition) is 9. The van der Waals surface area contributed by atoms with Gasteiger partial charge in [-0.15, -0.1) is 11.3 Å². The molecule has 1 aromatic carbocycles. The van der Waals surface area contributed by atoms with Crippen LogP contribution in [0.15, 0.2) is 67.2 Å². The number of fused-ring (bicyclic) bond motifs is 2. The molecule has 4 heterocycles. The first-order valence-corrected chi connectivity index (χ1v) is 8.63. The lowest BCUT2D eigenvalue weighted by atomic mass is 10.2. The van der Waals surface area contributed by atoms with E-state index in [0.29, 0.717) is 20.7 Å². The molecule has 130 valence electrons. The maximum atomic E-state index is 12.2. The fourth-order valence-electron chi connectivity index (χ4n) is 2.61. The molecule has 0 bridgehead atoms. The van der Waals surface area contributed by atoms with E-state index >= 15 is 0 Å². The zero-order chi connectivity index (χ0) is 18.4. The summed E-state index contributed by atoms with van der Waals surface area (Å²) >= 11 is 1.24. The lowest BCUT2D eigenvalue weighted by Gasteiger charge is -1.99. The Labute approximate surface area is 153 Å². The Kier molecular flexibility index (Phi) is 3.41. The Balaban J connectivity index is 1.63. The summed E-state index contributed by atoms with van der Waals surface area (Å²) in [5.41, 5.74) is -0.261. The monoisotopic (exact) mass is 376 g/mol. The number of thiophene rings is 1. The number of hydrogen-bond donors (Lipinski definition) is 0. The van der Waals surface area contributed by atoms with Gasteiger partial charge in [0.25, 0.3) is 0 Å². The molecule has 4 aromatic heterocycles. The van der Waals surface area contributed by atoms with Crippen molar-refractivity contribution in [3.63, 3.8) is 0 Å². The number of aromatic nitrogens is 4. The summed E-state index contributed by atoms with van der Waals surface area (Å²) in [4.78, 5) is 42.0. The van der Waals surface area contributed by atoms with Crippen LogP contribution >= 0.6 is 11.3 Å². The van der Waals surface area contributed by atoms with Crippen molar-refractivity contribution in [2.24, 2.45) is 0 Å². The van der Waals surface area contributed by atoms with Gasteiger partial charge in [0.1, 0.15) is 0 Å². The summed E-state index contributed by atoms with van der Waals surface area (Å²) in [6, 6.07) is 10.4. The molecule has 5 aromatic rings. The van der Waals surface area contributed by atoms with Gasteiger partial charge in [-0.25, -0.2) is 24.5 Å². The molecule has 9 heteroatoms. The quantitative estimate of drug-likeness (QED) is 0.462. The Bertz CT molecular complexity index is 1330. The minimum atomic E-state index is -0.617. The molecular weight excluding hydrogens is 368 g/mol. The Morgan fingerprint density at radius 1 is 0.778 bits per heavy atom. The predicted molar refractivity (Wildman–Crippen MR) is 98.5 cm³/mol. The van der Waals surface area contributed by atoms with E-state index in [-0.39, 0.29) is 22.9 Å². The van der Waals surface area contributed by atoms with Crippen LogP contribution in [-0.4, -0.2) is 19.9 Å². The van der Waals surface area contributed by atoms with Gasteiger partial charge in [-0.2, -0.15) is 4.98 Å². The van der Waals surface area contributed by atoms with Crippen molar-refractivity contribution in [3.8, 4) is 21.5 Å². The van der Waals surface area contributed by atoms with Crippen molar-refractivity contribution in [2.75, 3.05) is 0 Å². The largest absolute Gasteiger partial charge is 0.402 e. The van der Waals surface area contributed by atoms with Crippen molar-refractivity contribution in [1.29, 1.82) is 0 Å². The second-order valence-corrected chi connectivity index (χ2v) is 6.61. The van der Waals surface area contributed by atoms with E-state index in [2.05, 4.69) is 19.9 Å². The van der Waals surface area contributed by atoms with Crippen molar-refractivity contribution in [1.82, 2.24) is 19.9 Å². The van der Waals surface area contributed by atoms with Crippen LogP contribution in [0.2, 0.25) is 0 Å². The van der Waals surface area contributed by atoms with Gasteiger partial charge in [-0.3, -0.25) is 0 Å². The molecule has 0 fully saturated rings. The smallest absolute Gasteiger partial charge is 0.367 e. The molecule has 0 N–H and O–H groups in total. The van der Waals surface area contributed by atoms with Crippen LogP contribution in [0.25, 0.3) is 43.6 Å². The first kappa shape index (κ1) is 15.5. The highest BCUT2D eigenvalue weighted by molar-refractivity contribution is 7.18. The normalized spacial score (nSPS) is 11.3. The lowest BCUT2D eigenvalue weighted by Crippen LogP contribution is -2.05. The molecule has 5 rings (SSSR count). The topological polar surface area (TPSA) is 112 Å². The molecule has 0 radical (unpaired) electrons. The average molecular weight is 376 g/mol. The minimum absolute atomic E-state index is 0.0697. The average Bonchev–Trinajstić information content (AvgIpc) is 3.18. The van der Waals surface area contributed by atoms with E-state index < -0.39 is 11.3 Å². The van der Waals surface area contributed by atoms with Crippen LogP contribution in [0.3, 0.4) is 0 Å². The zero-order valence-electron chi connectivity index (χ0n) is 13.4. The summed E-state index contributed by atoms with van der Waals surface area (Å²) in [5, 5.41) is 0.416. The second kappa shape index (κ2) is 5.92. The minimum Gasteiger partial charge on any atom is -0.402 e. The highest BCUT2D eigenvalue weighted by Crippen LogP contribution is 2.32. The highest BCUT2D eigenvalue weighted by Gasteiger charge is 2.15. The van der Waals surface area contributed by atoms with Crippen LogP contribution in [0.1, 0.15) is 0 Å². The maximum absolute atomic E-state index is 12.2. The fourth-order valence-corrected chi connectivity index (χ4v) is 3.47. The van der Waals surface area contributed by atoms with Gasteiger partial charge >= 0.3 is 11.3 Å². The van der Waals surface area contributed by atoms with Crippen LogP contribution in [0, 0.1) is 0 Å². The van der Waals surface area contributed by atoms with Crippen LogP contribution < -0.4 is 11.3 Å². The molecular formula is C18H8N4O4S. The molecule has 0 aliphatic carbocycles. The fraction of sp³-hybridized carbons (Fsp3) is 0. The highest BCUT2D eigenvalue weighted by atomic mass is 32.1. The van der Waals surface area contributed by atoms with E-state index in [0.717, 1.165) is 0 Å². The van der Waals surface area contributed by atoms with Crippen LogP contribution in [0.5, 0.6) is 0 Å². The van der Waals surface area contributed by atoms with Gasteiger partial charge in [0.15, 0.2) is 11.2 Å². The second-order valence-electron chi connectivity index (χ2n) is 5.52. The van der Waals surface area contributed by atoms with Crippen molar-refractivity contribution in [2.45, 2.75) is 0 Å². The molecule has 0 unspecified atom stereocenters. The van der Waals surface area contributed by atoms with Gasteiger partial charge in [-0.05, 0) is 24.3 Å². The van der Waals surface area contributed by atoms with Crippen molar-refractivity contribution >= 4 is 33.4 Å².